The smallest absolute Gasteiger partial charge is 0.336 e. The molecule has 0 aromatic heterocycles. The normalized spacial score (nSPS) is 17.8. The molecule has 1 aromatic carbocycles. The number of amidine groups is 1. The number of amides is 1. The van der Waals surface area contributed by atoms with E-state index in [1.54, 1.807) is 6.08 Å². The largest absolute Gasteiger partial charge is 0.507 e. The number of phenolic OH excluding ortho intramolecular Hbond substituents is 1. The predicted octanol–water partition coefficient (Wildman–Crippen LogP) is 3.95. The first-order valence-electron chi connectivity index (χ1n) is 8.83. The number of benzene rings is 1. The average Bonchev–Trinajstić information content (AvgIpc) is 2.87. The Morgan fingerprint density at radius 1 is 1.19 bits per heavy atom. The Morgan fingerprint density at radius 2 is 1.74 bits per heavy atom. The van der Waals surface area contributed by atoms with E-state index in [-0.39, 0.29) is 35.0 Å². The van der Waals surface area contributed by atoms with Crippen LogP contribution in [0, 0.1) is 0 Å². The number of aromatic hydroxyl groups is 1. The number of hydrogen-bond acceptors (Lipinski definition) is 5. The minimum Gasteiger partial charge on any atom is -0.507 e. The Labute approximate surface area is 160 Å². The van der Waals surface area contributed by atoms with Crippen LogP contribution in [0.1, 0.15) is 58.2 Å². The van der Waals surface area contributed by atoms with Crippen LogP contribution in [0.25, 0.3) is 6.08 Å². The number of ether oxygens (including phenoxy) is 1. The van der Waals surface area contributed by atoms with Gasteiger partial charge in [-0.15, -0.1) is 0 Å². The van der Waals surface area contributed by atoms with Gasteiger partial charge in [0.05, 0.1) is 0 Å². The van der Waals surface area contributed by atoms with Gasteiger partial charge in [-0.1, -0.05) is 54.2 Å². The molecule has 27 heavy (non-hydrogen) atoms. The highest BCUT2D eigenvalue weighted by atomic mass is 16.7. The second kappa shape index (κ2) is 7.47. The molecule has 146 valence electrons. The molecule has 0 bridgehead atoms. The highest BCUT2D eigenvalue weighted by Crippen LogP contribution is 2.40. The van der Waals surface area contributed by atoms with Crippen molar-refractivity contribution in [1.82, 2.24) is 5.32 Å². The van der Waals surface area contributed by atoms with Gasteiger partial charge >= 0.3 is 6.02 Å². The van der Waals surface area contributed by atoms with E-state index < -0.39 is 5.91 Å². The number of carbonyl (C=O) groups excluding carboxylic acids is 1. The predicted molar refractivity (Wildman–Crippen MR) is 106 cm³/mol. The first-order valence-corrected chi connectivity index (χ1v) is 8.83. The number of phenols is 1. The molecule has 6 nitrogen and oxygen atoms in total. The monoisotopic (exact) mass is 372 g/mol. The molecule has 1 saturated heterocycles. The van der Waals surface area contributed by atoms with Gasteiger partial charge in [0, 0.05) is 11.1 Å². The molecule has 0 spiro atoms. The molecule has 1 heterocycles. The van der Waals surface area contributed by atoms with Crippen molar-refractivity contribution >= 4 is 18.0 Å². The van der Waals surface area contributed by atoms with Gasteiger partial charge in [-0.05, 0) is 39.8 Å². The van der Waals surface area contributed by atoms with Crippen molar-refractivity contribution in [2.24, 2.45) is 5.16 Å². The van der Waals surface area contributed by atoms with E-state index in [2.05, 4.69) is 17.1 Å². The summed E-state index contributed by atoms with van der Waals surface area (Å²) in [6.07, 6.45) is 3.17. The number of hydrogen-bond donors (Lipinski definition) is 2. The maximum Gasteiger partial charge on any atom is 0.336 e. The number of nitrogens with zero attached hydrogens (tertiary/aromatic N) is 1. The zero-order valence-corrected chi connectivity index (χ0v) is 16.8. The molecule has 0 saturated carbocycles. The lowest BCUT2D eigenvalue weighted by Crippen LogP contribution is -2.20. The molecule has 1 aromatic rings. The Balaban J connectivity index is 2.47. The van der Waals surface area contributed by atoms with E-state index in [1.165, 1.54) is 6.08 Å². The van der Waals surface area contributed by atoms with Crippen molar-refractivity contribution in [3.63, 3.8) is 0 Å². The quantitative estimate of drug-likeness (QED) is 0.363. The minimum atomic E-state index is -0.404. The van der Waals surface area contributed by atoms with Crippen LogP contribution in [0.15, 0.2) is 35.7 Å². The van der Waals surface area contributed by atoms with Crippen LogP contribution in [0.3, 0.4) is 0 Å². The van der Waals surface area contributed by atoms with Crippen molar-refractivity contribution < 1.29 is 19.5 Å². The SMILES string of the molecule is C=CCO/N=C1\NC(=O)/C(=C/c2cc(C(C)(C)C)c(O)c(C(C)(C)C)c2)O1. The lowest BCUT2D eigenvalue weighted by atomic mass is 9.78. The van der Waals surface area contributed by atoms with E-state index in [4.69, 9.17) is 9.57 Å². The van der Waals surface area contributed by atoms with Crippen LogP contribution in [0.4, 0.5) is 0 Å². The lowest BCUT2D eigenvalue weighted by molar-refractivity contribution is -0.116. The van der Waals surface area contributed by atoms with Gasteiger partial charge in [0.15, 0.2) is 5.76 Å². The van der Waals surface area contributed by atoms with Crippen molar-refractivity contribution in [3.05, 3.63) is 47.2 Å². The Hall–Kier alpha value is -2.76. The summed E-state index contributed by atoms with van der Waals surface area (Å²) < 4.78 is 5.43. The topological polar surface area (TPSA) is 80.2 Å². The molecular weight excluding hydrogens is 344 g/mol. The fourth-order valence-corrected chi connectivity index (χ4v) is 2.65. The van der Waals surface area contributed by atoms with Gasteiger partial charge in [-0.3, -0.25) is 10.1 Å². The Morgan fingerprint density at radius 3 is 2.22 bits per heavy atom. The summed E-state index contributed by atoms with van der Waals surface area (Å²) in [6, 6.07) is 3.73. The van der Waals surface area contributed by atoms with Gasteiger partial charge in [0.25, 0.3) is 5.91 Å². The second-order valence-corrected chi connectivity index (χ2v) is 8.51. The standard InChI is InChI=1S/C21H28N2O4/c1-8-9-26-23-19-22-18(25)16(27-19)12-13-10-14(20(2,3)4)17(24)15(11-13)21(5,6)7/h8,10-12,24H,1,9H2,2-7H3,(H,22,23,25)/b16-12-. The van der Waals surface area contributed by atoms with Crippen molar-refractivity contribution in [2.75, 3.05) is 6.61 Å². The zero-order chi connectivity index (χ0) is 20.4. The molecule has 0 aliphatic carbocycles. The molecule has 0 atom stereocenters. The molecule has 0 unspecified atom stereocenters. The van der Waals surface area contributed by atoms with E-state index in [0.717, 1.165) is 16.7 Å². The van der Waals surface area contributed by atoms with Gasteiger partial charge in [-0.2, -0.15) is 0 Å². The minimum absolute atomic E-state index is 0.0148. The van der Waals surface area contributed by atoms with Crippen molar-refractivity contribution in [3.8, 4) is 5.75 Å². The lowest BCUT2D eigenvalue weighted by Gasteiger charge is -2.27. The van der Waals surface area contributed by atoms with Gasteiger partial charge in [-0.25, -0.2) is 0 Å². The summed E-state index contributed by atoms with van der Waals surface area (Å²) in [5.74, 6) is -0.00553. The number of carbonyl (C=O) groups is 1. The molecule has 1 amide bonds. The fraction of sp³-hybridized carbons (Fsp3) is 0.429. The number of rotatable bonds is 4. The Kier molecular flexibility index (Phi) is 5.68. The zero-order valence-electron chi connectivity index (χ0n) is 16.8. The summed E-state index contributed by atoms with van der Waals surface area (Å²) in [4.78, 5) is 17.1. The highest BCUT2D eigenvalue weighted by Gasteiger charge is 2.28. The molecule has 6 heteroatoms. The summed E-state index contributed by atoms with van der Waals surface area (Å²) in [5.41, 5.74) is 1.86. The average molecular weight is 372 g/mol. The molecule has 2 rings (SSSR count). The third-order valence-electron chi connectivity index (χ3n) is 4.04. The summed E-state index contributed by atoms with van der Waals surface area (Å²) >= 11 is 0. The Bertz CT molecular complexity index is 773. The summed E-state index contributed by atoms with van der Waals surface area (Å²) in [7, 11) is 0. The second-order valence-electron chi connectivity index (χ2n) is 8.51. The van der Waals surface area contributed by atoms with E-state index in [0.29, 0.717) is 0 Å². The van der Waals surface area contributed by atoms with Gasteiger partial charge in [0.1, 0.15) is 12.4 Å². The van der Waals surface area contributed by atoms with E-state index in [9.17, 15) is 9.90 Å². The van der Waals surface area contributed by atoms with Crippen LogP contribution in [-0.2, 0) is 25.2 Å². The molecule has 1 aliphatic rings. The molecule has 0 radical (unpaired) electrons. The maximum absolute atomic E-state index is 12.1. The number of oxime groups is 1. The van der Waals surface area contributed by atoms with Crippen molar-refractivity contribution in [2.45, 2.75) is 52.4 Å². The number of nitrogens with one attached hydrogen (secondary N) is 1. The third kappa shape index (κ3) is 4.90. The molecular formula is C21H28N2O4. The fourth-order valence-electron chi connectivity index (χ4n) is 2.65. The molecule has 2 N–H and O–H groups in total. The van der Waals surface area contributed by atoms with Gasteiger partial charge in [0.2, 0.25) is 0 Å². The van der Waals surface area contributed by atoms with Crippen LogP contribution < -0.4 is 5.32 Å². The van der Waals surface area contributed by atoms with Gasteiger partial charge < -0.3 is 14.7 Å². The molecule has 1 aliphatic heterocycles. The van der Waals surface area contributed by atoms with Crippen LogP contribution in [0.2, 0.25) is 0 Å². The highest BCUT2D eigenvalue weighted by molar-refractivity contribution is 6.11. The maximum atomic E-state index is 12.1. The van der Waals surface area contributed by atoms with Crippen LogP contribution >= 0.6 is 0 Å². The first-order chi connectivity index (χ1) is 12.4. The van der Waals surface area contributed by atoms with E-state index >= 15 is 0 Å². The molecule has 1 fully saturated rings. The summed E-state index contributed by atoms with van der Waals surface area (Å²) in [6.45, 7) is 15.9. The van der Waals surface area contributed by atoms with Crippen molar-refractivity contribution in [1.29, 1.82) is 0 Å². The van der Waals surface area contributed by atoms with E-state index in [1.807, 2.05) is 53.7 Å². The summed E-state index contributed by atoms with van der Waals surface area (Å²) in [5, 5.41) is 17.0. The third-order valence-corrected chi connectivity index (χ3v) is 4.04. The van der Waals surface area contributed by atoms with Crippen LogP contribution in [-0.4, -0.2) is 23.6 Å². The first kappa shape index (κ1) is 20.6. The van der Waals surface area contributed by atoms with Crippen LogP contribution in [0.5, 0.6) is 5.75 Å².